The Morgan fingerprint density at radius 2 is 2.19 bits per heavy atom. The molecular formula is C13H22N2O. The SMILES string of the molecule is CCCNc1cccc(OCCC(C)C)n1. The van der Waals surface area contributed by atoms with Crippen LogP contribution in [0.4, 0.5) is 5.82 Å². The quantitative estimate of drug-likeness (QED) is 0.768. The molecule has 1 aromatic heterocycles. The normalized spacial score (nSPS) is 10.5. The first-order valence-electron chi connectivity index (χ1n) is 6.06. The van der Waals surface area contributed by atoms with E-state index < -0.39 is 0 Å². The molecule has 0 unspecified atom stereocenters. The van der Waals surface area contributed by atoms with Crippen LogP contribution in [0.25, 0.3) is 0 Å². The molecule has 0 aromatic carbocycles. The van der Waals surface area contributed by atoms with E-state index in [0.717, 1.165) is 31.8 Å². The van der Waals surface area contributed by atoms with Gasteiger partial charge in [0.2, 0.25) is 5.88 Å². The third-order valence-electron chi connectivity index (χ3n) is 2.22. The number of nitrogens with zero attached hydrogens (tertiary/aromatic N) is 1. The summed E-state index contributed by atoms with van der Waals surface area (Å²) in [5, 5.41) is 3.24. The molecule has 0 atom stereocenters. The maximum atomic E-state index is 5.59. The van der Waals surface area contributed by atoms with Crippen LogP contribution in [0.5, 0.6) is 5.88 Å². The van der Waals surface area contributed by atoms with E-state index in [2.05, 4.69) is 31.1 Å². The second-order valence-corrected chi connectivity index (χ2v) is 4.32. The molecule has 0 radical (unpaired) electrons. The zero-order valence-electron chi connectivity index (χ0n) is 10.5. The van der Waals surface area contributed by atoms with Crippen molar-refractivity contribution in [2.45, 2.75) is 33.6 Å². The lowest BCUT2D eigenvalue weighted by Gasteiger charge is -2.09. The second-order valence-electron chi connectivity index (χ2n) is 4.32. The molecule has 0 saturated carbocycles. The minimum atomic E-state index is 0.668. The highest BCUT2D eigenvalue weighted by atomic mass is 16.5. The van der Waals surface area contributed by atoms with Gasteiger partial charge in [-0.15, -0.1) is 0 Å². The van der Waals surface area contributed by atoms with Crippen LogP contribution in [-0.4, -0.2) is 18.1 Å². The minimum Gasteiger partial charge on any atom is -0.478 e. The van der Waals surface area contributed by atoms with Gasteiger partial charge in [0.05, 0.1) is 6.61 Å². The fourth-order valence-corrected chi connectivity index (χ4v) is 1.25. The molecule has 0 aliphatic heterocycles. The number of ether oxygens (including phenoxy) is 1. The van der Waals surface area contributed by atoms with Crippen molar-refractivity contribution in [2.24, 2.45) is 5.92 Å². The standard InChI is InChI=1S/C13H22N2O/c1-4-9-14-12-6-5-7-13(15-12)16-10-8-11(2)3/h5-7,11H,4,8-10H2,1-3H3,(H,14,15). The monoisotopic (exact) mass is 222 g/mol. The van der Waals surface area contributed by atoms with Crippen molar-refractivity contribution in [1.82, 2.24) is 4.98 Å². The smallest absolute Gasteiger partial charge is 0.215 e. The Morgan fingerprint density at radius 1 is 1.38 bits per heavy atom. The molecule has 16 heavy (non-hydrogen) atoms. The van der Waals surface area contributed by atoms with Crippen LogP contribution in [0, 0.1) is 5.92 Å². The molecule has 3 nitrogen and oxygen atoms in total. The third kappa shape index (κ3) is 5.01. The van der Waals surface area contributed by atoms with Gasteiger partial charge in [-0.25, -0.2) is 0 Å². The number of rotatable bonds is 7. The van der Waals surface area contributed by atoms with Crippen LogP contribution >= 0.6 is 0 Å². The molecule has 1 aromatic rings. The summed E-state index contributed by atoms with van der Waals surface area (Å²) in [5.74, 6) is 2.27. The molecule has 0 spiro atoms. The number of anilines is 1. The lowest BCUT2D eigenvalue weighted by atomic mass is 10.1. The summed E-state index contributed by atoms with van der Waals surface area (Å²) in [6, 6.07) is 5.83. The largest absolute Gasteiger partial charge is 0.478 e. The predicted molar refractivity (Wildman–Crippen MR) is 68.0 cm³/mol. The van der Waals surface area contributed by atoms with Crippen LogP contribution in [0.3, 0.4) is 0 Å². The zero-order valence-corrected chi connectivity index (χ0v) is 10.5. The first-order chi connectivity index (χ1) is 7.72. The van der Waals surface area contributed by atoms with Crippen molar-refractivity contribution in [2.75, 3.05) is 18.5 Å². The van der Waals surface area contributed by atoms with Crippen LogP contribution < -0.4 is 10.1 Å². The molecule has 3 heteroatoms. The minimum absolute atomic E-state index is 0.668. The van der Waals surface area contributed by atoms with E-state index in [1.165, 1.54) is 0 Å². The molecule has 0 fully saturated rings. The van der Waals surface area contributed by atoms with Crippen LogP contribution in [0.1, 0.15) is 33.6 Å². The van der Waals surface area contributed by atoms with Crippen LogP contribution in [-0.2, 0) is 0 Å². The van der Waals surface area contributed by atoms with E-state index in [0.29, 0.717) is 11.8 Å². The molecule has 0 amide bonds. The Balaban J connectivity index is 2.40. The van der Waals surface area contributed by atoms with Crippen molar-refractivity contribution in [3.05, 3.63) is 18.2 Å². The molecule has 1 heterocycles. The average Bonchev–Trinajstić information content (AvgIpc) is 2.26. The Kier molecular flexibility index (Phi) is 5.68. The van der Waals surface area contributed by atoms with Crippen LogP contribution in [0.2, 0.25) is 0 Å². The lowest BCUT2D eigenvalue weighted by Crippen LogP contribution is -2.05. The molecular weight excluding hydrogens is 200 g/mol. The maximum Gasteiger partial charge on any atom is 0.215 e. The van der Waals surface area contributed by atoms with Crippen molar-refractivity contribution < 1.29 is 4.74 Å². The highest BCUT2D eigenvalue weighted by Gasteiger charge is 1.99. The molecule has 90 valence electrons. The number of hydrogen-bond acceptors (Lipinski definition) is 3. The topological polar surface area (TPSA) is 34.1 Å². The lowest BCUT2D eigenvalue weighted by molar-refractivity contribution is 0.280. The van der Waals surface area contributed by atoms with E-state index in [9.17, 15) is 0 Å². The molecule has 1 rings (SSSR count). The summed E-state index contributed by atoms with van der Waals surface area (Å²) in [5.41, 5.74) is 0. The van der Waals surface area contributed by atoms with Crippen molar-refractivity contribution in [3.63, 3.8) is 0 Å². The van der Waals surface area contributed by atoms with Gasteiger partial charge in [0.1, 0.15) is 5.82 Å². The van der Waals surface area contributed by atoms with E-state index in [1.807, 2.05) is 18.2 Å². The summed E-state index contributed by atoms with van der Waals surface area (Å²) < 4.78 is 5.59. The Labute approximate surface area is 98.2 Å². The van der Waals surface area contributed by atoms with E-state index in [-0.39, 0.29) is 0 Å². The van der Waals surface area contributed by atoms with Gasteiger partial charge in [-0.1, -0.05) is 26.8 Å². The first kappa shape index (κ1) is 12.8. The fourth-order valence-electron chi connectivity index (χ4n) is 1.25. The Morgan fingerprint density at radius 3 is 2.88 bits per heavy atom. The van der Waals surface area contributed by atoms with E-state index >= 15 is 0 Å². The van der Waals surface area contributed by atoms with Gasteiger partial charge in [0, 0.05) is 12.6 Å². The summed E-state index contributed by atoms with van der Waals surface area (Å²) in [6.07, 6.45) is 2.16. The van der Waals surface area contributed by atoms with Crippen molar-refractivity contribution in [3.8, 4) is 5.88 Å². The van der Waals surface area contributed by atoms with Gasteiger partial charge in [-0.3, -0.25) is 0 Å². The average molecular weight is 222 g/mol. The van der Waals surface area contributed by atoms with Gasteiger partial charge >= 0.3 is 0 Å². The number of hydrogen-bond donors (Lipinski definition) is 1. The van der Waals surface area contributed by atoms with Gasteiger partial charge in [-0.2, -0.15) is 4.98 Å². The Bertz CT molecular complexity index is 300. The highest BCUT2D eigenvalue weighted by Crippen LogP contribution is 2.12. The van der Waals surface area contributed by atoms with Gasteiger partial charge in [0.25, 0.3) is 0 Å². The molecule has 0 saturated heterocycles. The second kappa shape index (κ2) is 7.09. The first-order valence-corrected chi connectivity index (χ1v) is 6.06. The number of pyridine rings is 1. The third-order valence-corrected chi connectivity index (χ3v) is 2.22. The highest BCUT2D eigenvalue weighted by molar-refractivity contribution is 5.36. The van der Waals surface area contributed by atoms with Gasteiger partial charge in [-0.05, 0) is 24.8 Å². The van der Waals surface area contributed by atoms with Gasteiger partial charge in [0.15, 0.2) is 0 Å². The fraction of sp³-hybridized carbons (Fsp3) is 0.615. The number of aromatic nitrogens is 1. The van der Waals surface area contributed by atoms with Crippen molar-refractivity contribution >= 4 is 5.82 Å². The molecule has 0 bridgehead atoms. The number of nitrogens with one attached hydrogen (secondary N) is 1. The summed E-state index contributed by atoms with van der Waals surface area (Å²) in [4.78, 5) is 4.37. The molecule has 1 N–H and O–H groups in total. The van der Waals surface area contributed by atoms with Gasteiger partial charge < -0.3 is 10.1 Å². The maximum absolute atomic E-state index is 5.59. The Hall–Kier alpha value is -1.25. The molecule has 0 aliphatic rings. The van der Waals surface area contributed by atoms with E-state index in [1.54, 1.807) is 0 Å². The summed E-state index contributed by atoms with van der Waals surface area (Å²) in [7, 11) is 0. The van der Waals surface area contributed by atoms with Crippen molar-refractivity contribution in [1.29, 1.82) is 0 Å². The van der Waals surface area contributed by atoms with Crippen LogP contribution in [0.15, 0.2) is 18.2 Å². The summed E-state index contributed by atoms with van der Waals surface area (Å²) >= 11 is 0. The predicted octanol–water partition coefficient (Wildman–Crippen LogP) is 3.33. The molecule has 0 aliphatic carbocycles. The zero-order chi connectivity index (χ0) is 11.8. The van der Waals surface area contributed by atoms with E-state index in [4.69, 9.17) is 4.74 Å². The summed E-state index contributed by atoms with van der Waals surface area (Å²) in [6.45, 7) is 8.20.